The van der Waals surface area contributed by atoms with Crippen LogP contribution in [0.2, 0.25) is 0 Å². The molecule has 0 aliphatic carbocycles. The second kappa shape index (κ2) is 6.41. The van der Waals surface area contributed by atoms with E-state index in [4.69, 9.17) is 4.74 Å². The molecule has 1 amide bonds. The van der Waals surface area contributed by atoms with Gasteiger partial charge >= 0.3 is 11.9 Å². The predicted octanol–water partition coefficient (Wildman–Crippen LogP) is 0.569. The number of hydrogen-bond donors (Lipinski definition) is 1. The van der Waals surface area contributed by atoms with Gasteiger partial charge in [-0.1, -0.05) is 30.3 Å². The van der Waals surface area contributed by atoms with Crippen molar-refractivity contribution in [3.8, 4) is 0 Å². The molecule has 3 rings (SSSR count). The van der Waals surface area contributed by atoms with Crippen LogP contribution in [0.15, 0.2) is 47.2 Å². The first-order valence-electron chi connectivity index (χ1n) is 7.63. The van der Waals surface area contributed by atoms with Crippen LogP contribution in [0.25, 0.3) is 6.08 Å². The molecule has 1 aromatic rings. The second-order valence-electron chi connectivity index (χ2n) is 5.88. The SMILES string of the molecule is CC(=O)OCC1=C(C(=O)O)N2C(=O)/C(=C/c3ccccc3)[C@H]2S(=O)(=O)C1. The summed E-state index contributed by atoms with van der Waals surface area (Å²) in [5.41, 5.74) is 0.0797. The summed E-state index contributed by atoms with van der Waals surface area (Å²) in [6.07, 6.45) is 1.44. The zero-order valence-corrected chi connectivity index (χ0v) is 14.5. The molecule has 0 bridgehead atoms. The number of rotatable bonds is 4. The van der Waals surface area contributed by atoms with Crippen molar-refractivity contribution in [3.05, 3.63) is 52.7 Å². The number of benzene rings is 1. The van der Waals surface area contributed by atoms with Crippen LogP contribution in [-0.2, 0) is 29.0 Å². The summed E-state index contributed by atoms with van der Waals surface area (Å²) in [6.45, 7) is 0.626. The molecule has 9 heteroatoms. The zero-order chi connectivity index (χ0) is 19.1. The van der Waals surface area contributed by atoms with Gasteiger partial charge in [0.05, 0.1) is 11.3 Å². The van der Waals surface area contributed by atoms with Crippen LogP contribution in [0.4, 0.5) is 0 Å². The molecule has 0 aromatic heterocycles. The number of nitrogens with zero attached hydrogens (tertiary/aromatic N) is 1. The van der Waals surface area contributed by atoms with E-state index in [0.29, 0.717) is 5.56 Å². The van der Waals surface area contributed by atoms with Crippen molar-refractivity contribution in [1.29, 1.82) is 0 Å². The number of carbonyl (C=O) groups excluding carboxylic acids is 2. The molecular formula is C17H15NO7S. The molecule has 136 valence electrons. The Balaban J connectivity index is 2.04. The van der Waals surface area contributed by atoms with Crippen LogP contribution >= 0.6 is 0 Å². The fourth-order valence-corrected chi connectivity index (χ4v) is 4.91. The highest BCUT2D eigenvalue weighted by molar-refractivity contribution is 7.92. The lowest BCUT2D eigenvalue weighted by Crippen LogP contribution is -2.62. The molecule has 2 heterocycles. The Bertz CT molecular complexity index is 960. The van der Waals surface area contributed by atoms with E-state index in [-0.39, 0.29) is 11.1 Å². The van der Waals surface area contributed by atoms with E-state index in [2.05, 4.69) is 0 Å². The Morgan fingerprint density at radius 2 is 1.96 bits per heavy atom. The van der Waals surface area contributed by atoms with E-state index in [1.54, 1.807) is 30.3 Å². The predicted molar refractivity (Wildman–Crippen MR) is 90.1 cm³/mol. The quantitative estimate of drug-likeness (QED) is 0.463. The summed E-state index contributed by atoms with van der Waals surface area (Å²) >= 11 is 0. The number of hydrogen-bond acceptors (Lipinski definition) is 6. The van der Waals surface area contributed by atoms with E-state index >= 15 is 0 Å². The van der Waals surface area contributed by atoms with E-state index in [0.717, 1.165) is 11.8 Å². The number of carboxylic acids is 1. The minimum atomic E-state index is -3.87. The summed E-state index contributed by atoms with van der Waals surface area (Å²) in [5.74, 6) is -3.41. The molecule has 0 saturated carbocycles. The lowest BCUT2D eigenvalue weighted by Gasteiger charge is -2.45. The fraction of sp³-hybridized carbons (Fsp3) is 0.235. The number of β-lactam (4-membered cyclic amide) rings is 1. The minimum absolute atomic E-state index is 0.0153. The van der Waals surface area contributed by atoms with Crippen molar-refractivity contribution < 1.29 is 32.6 Å². The molecule has 26 heavy (non-hydrogen) atoms. The lowest BCUT2D eigenvalue weighted by atomic mass is 9.99. The summed E-state index contributed by atoms with van der Waals surface area (Å²) in [6, 6.07) is 8.67. The molecule has 0 radical (unpaired) electrons. The first-order chi connectivity index (χ1) is 12.2. The van der Waals surface area contributed by atoms with Gasteiger partial charge in [-0.05, 0) is 11.6 Å². The largest absolute Gasteiger partial charge is 0.477 e. The van der Waals surface area contributed by atoms with Gasteiger partial charge in [-0.15, -0.1) is 0 Å². The molecule has 0 spiro atoms. The monoisotopic (exact) mass is 377 g/mol. The van der Waals surface area contributed by atoms with Crippen LogP contribution < -0.4 is 0 Å². The Hall–Kier alpha value is -2.94. The first-order valence-corrected chi connectivity index (χ1v) is 9.34. The molecule has 1 N–H and O–H groups in total. The summed E-state index contributed by atoms with van der Waals surface area (Å²) in [7, 11) is -3.87. The van der Waals surface area contributed by atoms with E-state index in [1.165, 1.54) is 6.08 Å². The molecule has 8 nitrogen and oxygen atoms in total. The number of carbonyl (C=O) groups is 3. The van der Waals surface area contributed by atoms with Gasteiger partial charge in [0.1, 0.15) is 12.3 Å². The van der Waals surface area contributed by atoms with Crippen LogP contribution in [0.1, 0.15) is 12.5 Å². The van der Waals surface area contributed by atoms with E-state index in [1.807, 2.05) is 0 Å². The Morgan fingerprint density at radius 3 is 2.54 bits per heavy atom. The van der Waals surface area contributed by atoms with Crippen molar-refractivity contribution in [1.82, 2.24) is 4.90 Å². The summed E-state index contributed by atoms with van der Waals surface area (Å²) in [5, 5.41) is 8.11. The highest BCUT2D eigenvalue weighted by atomic mass is 32.2. The van der Waals surface area contributed by atoms with Gasteiger partial charge in [0.2, 0.25) is 0 Å². The third-order valence-electron chi connectivity index (χ3n) is 4.03. The maximum absolute atomic E-state index is 12.6. The fourth-order valence-electron chi connectivity index (χ4n) is 2.97. The van der Waals surface area contributed by atoms with Crippen LogP contribution in [0.3, 0.4) is 0 Å². The van der Waals surface area contributed by atoms with Gasteiger partial charge in [0, 0.05) is 12.5 Å². The van der Waals surface area contributed by atoms with Gasteiger partial charge in [0.25, 0.3) is 5.91 Å². The molecule has 1 aromatic carbocycles. The zero-order valence-electron chi connectivity index (χ0n) is 13.7. The molecule has 2 aliphatic rings. The number of fused-ring (bicyclic) bond motifs is 1. The maximum atomic E-state index is 12.6. The molecule has 1 atom stereocenters. The Labute approximate surface area is 149 Å². The van der Waals surface area contributed by atoms with Crippen molar-refractivity contribution in [2.24, 2.45) is 0 Å². The highest BCUT2D eigenvalue weighted by Gasteiger charge is 2.56. The van der Waals surface area contributed by atoms with Crippen LogP contribution in [0.5, 0.6) is 0 Å². The Kier molecular flexibility index (Phi) is 4.41. The van der Waals surface area contributed by atoms with Crippen molar-refractivity contribution >= 4 is 33.8 Å². The van der Waals surface area contributed by atoms with Gasteiger partial charge in [-0.25, -0.2) is 13.2 Å². The number of sulfone groups is 1. The smallest absolute Gasteiger partial charge is 0.352 e. The van der Waals surface area contributed by atoms with Crippen molar-refractivity contribution in [2.45, 2.75) is 12.3 Å². The van der Waals surface area contributed by atoms with Crippen molar-refractivity contribution in [3.63, 3.8) is 0 Å². The van der Waals surface area contributed by atoms with Gasteiger partial charge < -0.3 is 9.84 Å². The minimum Gasteiger partial charge on any atom is -0.477 e. The summed E-state index contributed by atoms with van der Waals surface area (Å²) < 4.78 is 30.0. The number of ether oxygens (including phenoxy) is 1. The second-order valence-corrected chi connectivity index (χ2v) is 7.94. The third-order valence-corrected chi connectivity index (χ3v) is 5.93. The summed E-state index contributed by atoms with van der Waals surface area (Å²) in [4.78, 5) is 35.8. The molecule has 1 saturated heterocycles. The van der Waals surface area contributed by atoms with E-state index < -0.39 is 51.1 Å². The normalized spacial score (nSPS) is 22.7. The number of amides is 1. The van der Waals surface area contributed by atoms with E-state index in [9.17, 15) is 27.9 Å². The Morgan fingerprint density at radius 1 is 1.31 bits per heavy atom. The topological polar surface area (TPSA) is 118 Å². The third kappa shape index (κ3) is 3.01. The lowest BCUT2D eigenvalue weighted by molar-refractivity contribution is -0.143. The standard InChI is InChI=1S/C17H15NO7S/c1-10(19)25-8-12-9-26(23,24)16-13(7-11-5-3-2-4-6-11)15(20)18(16)14(12)17(21)22/h2-7,16H,8-9H2,1H3,(H,21,22)/b13-7-/t16-/m1/s1. The number of aliphatic carboxylic acids is 1. The molecule has 2 aliphatic heterocycles. The van der Waals surface area contributed by atoms with Gasteiger partial charge in [0.15, 0.2) is 15.2 Å². The van der Waals surface area contributed by atoms with Crippen molar-refractivity contribution in [2.75, 3.05) is 12.4 Å². The first kappa shape index (κ1) is 17.9. The maximum Gasteiger partial charge on any atom is 0.352 e. The number of carboxylic acid groups (broad SMARTS) is 1. The number of esters is 1. The molecule has 0 unspecified atom stereocenters. The van der Waals surface area contributed by atoms with Crippen LogP contribution in [-0.4, -0.2) is 54.0 Å². The average molecular weight is 377 g/mol. The highest BCUT2D eigenvalue weighted by Crippen LogP contribution is 2.40. The van der Waals surface area contributed by atoms with Gasteiger partial charge in [-0.3, -0.25) is 14.5 Å². The average Bonchev–Trinajstić information content (AvgIpc) is 2.57. The van der Waals surface area contributed by atoms with Crippen LogP contribution in [0, 0.1) is 0 Å². The molecular weight excluding hydrogens is 362 g/mol. The van der Waals surface area contributed by atoms with Gasteiger partial charge in [-0.2, -0.15) is 0 Å². The molecule has 1 fully saturated rings.